The third-order valence-electron chi connectivity index (χ3n) is 2.79. The lowest BCUT2D eigenvalue weighted by Gasteiger charge is -2.26. The molecule has 4 nitrogen and oxygen atoms in total. The summed E-state index contributed by atoms with van der Waals surface area (Å²) in [5.41, 5.74) is 0.0463. The topological polar surface area (TPSA) is 54.5 Å². The van der Waals surface area contributed by atoms with Crippen molar-refractivity contribution in [1.29, 1.82) is 0 Å². The van der Waals surface area contributed by atoms with Crippen molar-refractivity contribution in [2.24, 2.45) is 5.41 Å². The monoisotopic (exact) mass is 335 g/mol. The van der Waals surface area contributed by atoms with Crippen LogP contribution in [-0.4, -0.2) is 32.8 Å². The van der Waals surface area contributed by atoms with Crippen LogP contribution in [-0.2, 0) is 9.05 Å². The van der Waals surface area contributed by atoms with Crippen LogP contribution in [0.1, 0.15) is 36.7 Å². The van der Waals surface area contributed by atoms with Gasteiger partial charge in [-0.3, -0.25) is 4.79 Å². The number of hydrogen-bond acceptors (Lipinski definition) is 3. The quantitative estimate of drug-likeness (QED) is 0.797. The molecule has 0 spiro atoms. The minimum atomic E-state index is -4.25. The molecule has 0 unspecified atom stereocenters. The first-order valence-corrected chi connectivity index (χ1v) is 8.64. The summed E-state index contributed by atoms with van der Waals surface area (Å²) in [6, 6.07) is 2.30. The highest BCUT2D eigenvalue weighted by Gasteiger charge is 2.24. The molecule has 0 aromatic heterocycles. The number of aryl methyl sites for hydroxylation is 1. The third-order valence-corrected chi connectivity index (χ3v) is 4.11. The Morgan fingerprint density at radius 3 is 2.29 bits per heavy atom. The Kier molecular flexibility index (Phi) is 5.05. The van der Waals surface area contributed by atoms with Crippen molar-refractivity contribution in [2.45, 2.75) is 32.6 Å². The second-order valence-corrected chi connectivity index (χ2v) is 8.80. The minimum Gasteiger partial charge on any atom is -0.341 e. The molecular weight excluding hydrogens is 317 g/mol. The van der Waals surface area contributed by atoms with E-state index in [1.807, 2.05) is 20.8 Å². The molecule has 1 aromatic rings. The highest BCUT2D eigenvalue weighted by Crippen LogP contribution is 2.24. The number of benzene rings is 1. The second-order valence-electron chi connectivity index (χ2n) is 6.26. The van der Waals surface area contributed by atoms with Gasteiger partial charge in [0.05, 0.1) is 0 Å². The average Bonchev–Trinajstić information content (AvgIpc) is 2.27. The van der Waals surface area contributed by atoms with Crippen molar-refractivity contribution in [2.75, 3.05) is 13.6 Å². The van der Waals surface area contributed by atoms with Gasteiger partial charge in [0.2, 0.25) is 0 Å². The van der Waals surface area contributed by atoms with Gasteiger partial charge in [0.1, 0.15) is 10.7 Å². The van der Waals surface area contributed by atoms with Crippen LogP contribution in [0.5, 0.6) is 0 Å². The molecule has 1 rings (SSSR count). The highest BCUT2D eigenvalue weighted by atomic mass is 35.7. The maximum Gasteiger partial charge on any atom is 0.264 e. The lowest BCUT2D eigenvalue weighted by Crippen LogP contribution is -2.34. The second kappa shape index (κ2) is 5.93. The van der Waals surface area contributed by atoms with Crippen molar-refractivity contribution in [3.05, 3.63) is 29.1 Å². The molecular formula is C14H19ClFNO3S. The van der Waals surface area contributed by atoms with Crippen molar-refractivity contribution in [3.63, 3.8) is 0 Å². The maximum atomic E-state index is 13.8. The summed E-state index contributed by atoms with van der Waals surface area (Å²) in [6.07, 6.45) is 0. The normalized spacial score (nSPS) is 12.3. The summed E-state index contributed by atoms with van der Waals surface area (Å²) in [5.74, 6) is -1.31. The number of amides is 1. The molecule has 0 saturated carbocycles. The Labute approximate surface area is 129 Å². The lowest BCUT2D eigenvalue weighted by molar-refractivity contribution is 0.0745. The number of hydrogen-bond donors (Lipinski definition) is 0. The Morgan fingerprint density at radius 2 is 1.86 bits per heavy atom. The van der Waals surface area contributed by atoms with Gasteiger partial charge in [-0.05, 0) is 30.0 Å². The van der Waals surface area contributed by atoms with Crippen molar-refractivity contribution < 1.29 is 17.6 Å². The zero-order valence-electron chi connectivity index (χ0n) is 12.7. The van der Waals surface area contributed by atoms with Crippen LogP contribution in [0, 0.1) is 18.2 Å². The van der Waals surface area contributed by atoms with Gasteiger partial charge < -0.3 is 4.90 Å². The molecule has 0 heterocycles. The molecule has 1 aromatic carbocycles. The fourth-order valence-electron chi connectivity index (χ4n) is 2.04. The van der Waals surface area contributed by atoms with Crippen molar-refractivity contribution in [1.82, 2.24) is 4.90 Å². The summed E-state index contributed by atoms with van der Waals surface area (Å²) < 4.78 is 36.6. The molecule has 0 aliphatic rings. The zero-order chi connectivity index (χ0) is 16.6. The van der Waals surface area contributed by atoms with Crippen LogP contribution >= 0.6 is 10.7 Å². The SMILES string of the molecule is Cc1cc(C(=O)N(C)CC(C)(C)C)cc(S(=O)(=O)Cl)c1F. The smallest absolute Gasteiger partial charge is 0.264 e. The maximum absolute atomic E-state index is 13.8. The number of carbonyl (C=O) groups is 1. The molecule has 1 amide bonds. The van der Waals surface area contributed by atoms with Crippen LogP contribution in [0.3, 0.4) is 0 Å². The number of rotatable bonds is 3. The molecule has 21 heavy (non-hydrogen) atoms. The van der Waals surface area contributed by atoms with Crippen LogP contribution in [0.15, 0.2) is 17.0 Å². The van der Waals surface area contributed by atoms with Gasteiger partial charge in [-0.15, -0.1) is 0 Å². The summed E-state index contributed by atoms with van der Waals surface area (Å²) in [7, 11) is 2.57. The molecule has 0 atom stereocenters. The van der Waals surface area contributed by atoms with E-state index < -0.39 is 19.8 Å². The largest absolute Gasteiger partial charge is 0.341 e. The average molecular weight is 336 g/mol. The Bertz CT molecular complexity index is 666. The van der Waals surface area contributed by atoms with E-state index >= 15 is 0 Å². The summed E-state index contributed by atoms with van der Waals surface area (Å²) in [4.78, 5) is 13.1. The van der Waals surface area contributed by atoms with E-state index in [0.29, 0.717) is 6.54 Å². The van der Waals surface area contributed by atoms with Gasteiger partial charge in [0.25, 0.3) is 15.0 Å². The predicted molar refractivity (Wildman–Crippen MR) is 80.6 cm³/mol. The van der Waals surface area contributed by atoms with Gasteiger partial charge in [-0.1, -0.05) is 20.8 Å². The van der Waals surface area contributed by atoms with E-state index in [-0.39, 0.29) is 22.4 Å². The van der Waals surface area contributed by atoms with Crippen LogP contribution in [0.25, 0.3) is 0 Å². The molecule has 118 valence electrons. The highest BCUT2D eigenvalue weighted by molar-refractivity contribution is 8.13. The first kappa shape index (κ1) is 17.9. The first-order chi connectivity index (χ1) is 9.33. The molecule has 0 N–H and O–H groups in total. The lowest BCUT2D eigenvalue weighted by atomic mass is 9.96. The van der Waals surface area contributed by atoms with Gasteiger partial charge in [-0.25, -0.2) is 12.8 Å². The number of nitrogens with zero attached hydrogens (tertiary/aromatic N) is 1. The fourth-order valence-corrected chi connectivity index (χ4v) is 3.02. The molecule has 0 radical (unpaired) electrons. The van der Waals surface area contributed by atoms with Crippen molar-refractivity contribution >= 4 is 25.6 Å². The molecule has 0 bridgehead atoms. The van der Waals surface area contributed by atoms with E-state index in [9.17, 15) is 17.6 Å². The van der Waals surface area contributed by atoms with Crippen molar-refractivity contribution in [3.8, 4) is 0 Å². The standard InChI is InChI=1S/C14H19ClFNO3S/c1-9-6-10(7-11(12(9)16)21(15,19)20)13(18)17(5)8-14(2,3)4/h6-7H,8H2,1-5H3. The van der Waals surface area contributed by atoms with Crippen LogP contribution in [0.4, 0.5) is 4.39 Å². The van der Waals surface area contributed by atoms with Gasteiger partial charge in [0, 0.05) is 29.8 Å². The predicted octanol–water partition coefficient (Wildman–Crippen LogP) is 3.18. The van der Waals surface area contributed by atoms with E-state index in [0.717, 1.165) is 6.07 Å². The summed E-state index contributed by atoms with van der Waals surface area (Å²) in [6.45, 7) is 7.79. The van der Waals surface area contributed by atoms with E-state index in [2.05, 4.69) is 0 Å². The Hall–Kier alpha value is -1.14. The fraction of sp³-hybridized carbons (Fsp3) is 0.500. The van der Waals surface area contributed by atoms with E-state index in [1.165, 1.54) is 17.9 Å². The van der Waals surface area contributed by atoms with Gasteiger partial charge >= 0.3 is 0 Å². The third kappa shape index (κ3) is 4.68. The molecule has 7 heteroatoms. The van der Waals surface area contributed by atoms with Gasteiger partial charge in [-0.2, -0.15) is 0 Å². The number of halogens is 2. The molecule has 0 saturated heterocycles. The Morgan fingerprint density at radius 1 is 1.33 bits per heavy atom. The van der Waals surface area contributed by atoms with Gasteiger partial charge in [0.15, 0.2) is 0 Å². The molecule has 0 fully saturated rings. The first-order valence-electron chi connectivity index (χ1n) is 6.33. The minimum absolute atomic E-state index is 0.0595. The summed E-state index contributed by atoms with van der Waals surface area (Å²) >= 11 is 0. The van der Waals surface area contributed by atoms with Crippen LogP contribution in [0.2, 0.25) is 0 Å². The molecule has 0 aliphatic carbocycles. The van der Waals surface area contributed by atoms with Crippen LogP contribution < -0.4 is 0 Å². The van der Waals surface area contributed by atoms with E-state index in [1.54, 1.807) is 7.05 Å². The molecule has 0 aliphatic heterocycles. The zero-order valence-corrected chi connectivity index (χ0v) is 14.3. The Balaban J connectivity index is 3.27. The number of carbonyl (C=O) groups excluding carboxylic acids is 1. The van der Waals surface area contributed by atoms with E-state index in [4.69, 9.17) is 10.7 Å². The summed E-state index contributed by atoms with van der Waals surface area (Å²) in [5, 5.41) is 0.